The van der Waals surface area contributed by atoms with Gasteiger partial charge in [-0.05, 0) is 70.4 Å². The van der Waals surface area contributed by atoms with E-state index in [1.807, 2.05) is 60.7 Å². The van der Waals surface area contributed by atoms with E-state index < -0.39 is 12.0 Å². The van der Waals surface area contributed by atoms with Crippen molar-refractivity contribution in [2.45, 2.75) is 19.9 Å². The van der Waals surface area contributed by atoms with Crippen LogP contribution in [0, 0.1) is 0 Å². The molecule has 7 nitrogen and oxygen atoms in total. The highest BCUT2D eigenvalue weighted by Crippen LogP contribution is 2.40. The molecule has 0 radical (unpaired) electrons. The van der Waals surface area contributed by atoms with Gasteiger partial charge in [0.05, 0.1) is 34.0 Å². The van der Waals surface area contributed by atoms with Crippen molar-refractivity contribution in [2.24, 2.45) is 4.99 Å². The van der Waals surface area contributed by atoms with Crippen LogP contribution < -0.4 is 24.4 Å². The van der Waals surface area contributed by atoms with Crippen molar-refractivity contribution in [3.8, 4) is 11.5 Å². The molecular formula is C31H27BrN2O5S. The second-order valence-corrected chi connectivity index (χ2v) is 10.9. The Morgan fingerprint density at radius 1 is 1.18 bits per heavy atom. The van der Waals surface area contributed by atoms with Crippen LogP contribution in [0.15, 0.2) is 92.8 Å². The zero-order chi connectivity index (χ0) is 28.4. The Morgan fingerprint density at radius 2 is 1.95 bits per heavy atom. The van der Waals surface area contributed by atoms with Crippen LogP contribution in [0.5, 0.6) is 11.5 Å². The van der Waals surface area contributed by atoms with E-state index in [4.69, 9.17) is 19.2 Å². The number of hydrogen-bond acceptors (Lipinski definition) is 7. The summed E-state index contributed by atoms with van der Waals surface area (Å²) in [6.45, 7) is 7.78. The molecular weight excluding hydrogens is 592 g/mol. The van der Waals surface area contributed by atoms with Crippen molar-refractivity contribution >= 4 is 50.1 Å². The number of allylic oxidation sites excluding steroid dienone is 1. The minimum atomic E-state index is -0.792. The third-order valence-corrected chi connectivity index (χ3v) is 8.15. The normalized spacial score (nSPS) is 15.0. The number of fused-ring (bicyclic) bond motifs is 2. The lowest BCUT2D eigenvalue weighted by molar-refractivity contribution is -0.139. The number of thiazole rings is 1. The summed E-state index contributed by atoms with van der Waals surface area (Å²) in [5.74, 6) is 0.724. The van der Waals surface area contributed by atoms with E-state index in [9.17, 15) is 9.59 Å². The molecule has 9 heteroatoms. The number of carbonyl (C=O) groups is 1. The van der Waals surface area contributed by atoms with Gasteiger partial charge in [-0.2, -0.15) is 0 Å². The van der Waals surface area contributed by atoms with Crippen LogP contribution in [0.4, 0.5) is 0 Å². The number of benzene rings is 3. The maximum atomic E-state index is 14.1. The highest BCUT2D eigenvalue weighted by atomic mass is 79.9. The molecule has 0 unspecified atom stereocenters. The van der Waals surface area contributed by atoms with Crippen LogP contribution in [-0.2, 0) is 9.53 Å². The molecule has 0 fully saturated rings. The predicted molar refractivity (Wildman–Crippen MR) is 161 cm³/mol. The molecule has 0 N–H and O–H groups in total. The molecule has 2 heterocycles. The van der Waals surface area contributed by atoms with Gasteiger partial charge in [-0.15, -0.1) is 0 Å². The van der Waals surface area contributed by atoms with Crippen LogP contribution >= 0.6 is 27.3 Å². The van der Waals surface area contributed by atoms with Gasteiger partial charge in [0.1, 0.15) is 24.1 Å². The number of hydrogen-bond donors (Lipinski definition) is 0. The minimum absolute atomic E-state index is 0.195. The number of aromatic nitrogens is 1. The van der Waals surface area contributed by atoms with Crippen molar-refractivity contribution in [3.63, 3.8) is 0 Å². The van der Waals surface area contributed by atoms with Crippen molar-refractivity contribution in [1.82, 2.24) is 4.57 Å². The van der Waals surface area contributed by atoms with Gasteiger partial charge in [0.25, 0.3) is 5.56 Å². The maximum absolute atomic E-state index is 14.1. The van der Waals surface area contributed by atoms with E-state index in [0.717, 1.165) is 20.8 Å². The summed E-state index contributed by atoms with van der Waals surface area (Å²) in [5.41, 5.74) is 2.06. The average Bonchev–Trinajstić information content (AvgIpc) is 3.25. The minimum Gasteiger partial charge on any atom is -0.496 e. The molecule has 1 atom stereocenters. The van der Waals surface area contributed by atoms with E-state index in [2.05, 4.69) is 22.5 Å². The van der Waals surface area contributed by atoms with Gasteiger partial charge in [-0.25, -0.2) is 9.79 Å². The third kappa shape index (κ3) is 5.02. The lowest BCUT2D eigenvalue weighted by atomic mass is 9.90. The zero-order valence-corrected chi connectivity index (χ0v) is 24.7. The molecule has 40 heavy (non-hydrogen) atoms. The van der Waals surface area contributed by atoms with E-state index in [-0.39, 0.29) is 12.2 Å². The summed E-state index contributed by atoms with van der Waals surface area (Å²) in [6.07, 6.45) is 3.49. The summed E-state index contributed by atoms with van der Waals surface area (Å²) in [4.78, 5) is 32.6. The van der Waals surface area contributed by atoms with E-state index >= 15 is 0 Å². The zero-order valence-electron chi connectivity index (χ0n) is 22.3. The average molecular weight is 620 g/mol. The van der Waals surface area contributed by atoms with Gasteiger partial charge >= 0.3 is 5.97 Å². The van der Waals surface area contributed by atoms with Crippen molar-refractivity contribution in [1.29, 1.82) is 0 Å². The van der Waals surface area contributed by atoms with E-state index in [1.54, 1.807) is 31.6 Å². The van der Waals surface area contributed by atoms with Crippen LogP contribution in [0.2, 0.25) is 0 Å². The second kappa shape index (κ2) is 11.7. The summed E-state index contributed by atoms with van der Waals surface area (Å²) in [6, 6.07) is 16.5. The summed E-state index contributed by atoms with van der Waals surface area (Å²) < 4.78 is 19.7. The van der Waals surface area contributed by atoms with Crippen molar-refractivity contribution in [2.75, 3.05) is 20.3 Å². The molecule has 0 aliphatic carbocycles. The van der Waals surface area contributed by atoms with E-state index in [0.29, 0.717) is 44.3 Å². The summed E-state index contributed by atoms with van der Waals surface area (Å²) in [7, 11) is 1.58. The van der Waals surface area contributed by atoms with Crippen molar-refractivity contribution in [3.05, 3.63) is 114 Å². The molecule has 0 amide bonds. The number of nitrogens with zero attached hydrogens (tertiary/aromatic N) is 2. The topological polar surface area (TPSA) is 79.1 Å². The molecule has 3 aromatic carbocycles. The SMILES string of the molecule is C=CCOc1ccc(/C=c2/sc3n(c2=O)[C@H](c2c(OC)ccc4ccccc24)C(C(=O)OCC)=C(C)N=3)cc1Br. The monoisotopic (exact) mass is 618 g/mol. The van der Waals surface area contributed by atoms with E-state index in [1.165, 1.54) is 11.3 Å². The first kappa shape index (κ1) is 27.6. The van der Waals surface area contributed by atoms with Crippen LogP contribution in [0.1, 0.15) is 31.0 Å². The Bertz CT molecular complexity index is 1850. The maximum Gasteiger partial charge on any atom is 0.338 e. The predicted octanol–water partition coefficient (Wildman–Crippen LogP) is 5.29. The molecule has 1 aliphatic heterocycles. The Kier molecular flexibility index (Phi) is 8.04. The highest BCUT2D eigenvalue weighted by Gasteiger charge is 2.36. The van der Waals surface area contributed by atoms with Gasteiger partial charge in [0, 0.05) is 5.56 Å². The Labute approximate surface area is 243 Å². The fourth-order valence-electron chi connectivity index (χ4n) is 4.82. The van der Waals surface area contributed by atoms with Gasteiger partial charge in [-0.3, -0.25) is 9.36 Å². The Morgan fingerprint density at radius 3 is 2.67 bits per heavy atom. The molecule has 4 aromatic rings. The molecule has 5 rings (SSSR count). The van der Waals surface area contributed by atoms with Gasteiger partial charge in [0.2, 0.25) is 0 Å². The number of rotatable bonds is 8. The van der Waals surface area contributed by atoms with Crippen LogP contribution in [0.3, 0.4) is 0 Å². The van der Waals surface area contributed by atoms with Gasteiger partial charge in [0.15, 0.2) is 4.80 Å². The van der Waals surface area contributed by atoms with Gasteiger partial charge in [-0.1, -0.05) is 60.4 Å². The molecule has 0 saturated heterocycles. The lowest BCUT2D eigenvalue weighted by Crippen LogP contribution is -2.40. The Hall–Kier alpha value is -3.95. The Balaban J connectivity index is 1.76. The smallest absolute Gasteiger partial charge is 0.338 e. The first-order valence-corrected chi connectivity index (χ1v) is 14.3. The third-order valence-electron chi connectivity index (χ3n) is 6.55. The number of methoxy groups -OCH3 is 1. The number of carbonyl (C=O) groups excluding carboxylic acids is 1. The fraction of sp³-hybridized carbons (Fsp3) is 0.194. The highest BCUT2D eigenvalue weighted by molar-refractivity contribution is 9.10. The van der Waals surface area contributed by atoms with Crippen LogP contribution in [0.25, 0.3) is 16.8 Å². The number of esters is 1. The lowest BCUT2D eigenvalue weighted by Gasteiger charge is -2.27. The molecule has 1 aromatic heterocycles. The van der Waals surface area contributed by atoms with Crippen LogP contribution in [-0.4, -0.2) is 30.9 Å². The second-order valence-electron chi connectivity index (χ2n) is 8.99. The largest absolute Gasteiger partial charge is 0.496 e. The first-order valence-electron chi connectivity index (χ1n) is 12.7. The van der Waals surface area contributed by atoms with Gasteiger partial charge < -0.3 is 14.2 Å². The number of halogens is 1. The number of ether oxygens (including phenoxy) is 3. The molecule has 204 valence electrons. The van der Waals surface area contributed by atoms with Crippen molar-refractivity contribution < 1.29 is 19.0 Å². The summed E-state index contributed by atoms with van der Waals surface area (Å²) >= 11 is 4.81. The fourth-order valence-corrected chi connectivity index (χ4v) is 6.38. The quantitative estimate of drug-likeness (QED) is 0.198. The first-order chi connectivity index (χ1) is 19.4. The summed E-state index contributed by atoms with van der Waals surface area (Å²) in [5, 5.41) is 1.83. The molecule has 0 spiro atoms. The molecule has 1 aliphatic rings. The standard InChI is InChI=1S/C31H27BrN2O5S/c1-5-15-39-23-13-11-19(16-22(23)32)17-25-29(35)34-28(26(30(36)38-6-2)18(3)33-31(34)40-25)27-21-10-8-7-9-20(21)12-14-24(27)37-4/h5,7-14,16-17,28H,1,6,15H2,2-4H3/b25-17+/t28-/m0/s1. The molecule has 0 saturated carbocycles. The molecule has 0 bridgehead atoms.